The fourth-order valence-corrected chi connectivity index (χ4v) is 1.08. The van der Waals surface area contributed by atoms with E-state index < -0.39 is 0 Å². The van der Waals surface area contributed by atoms with Gasteiger partial charge in [0.1, 0.15) is 11.8 Å². The number of aromatic nitrogens is 3. The molecule has 2 heterocycles. The highest BCUT2D eigenvalue weighted by Crippen LogP contribution is 2.13. The van der Waals surface area contributed by atoms with E-state index >= 15 is 0 Å². The Morgan fingerprint density at radius 3 is 3.08 bits per heavy atom. The zero-order chi connectivity index (χ0) is 8.55. The Morgan fingerprint density at radius 2 is 2.42 bits per heavy atom. The summed E-state index contributed by atoms with van der Waals surface area (Å²) in [7, 11) is 0. The fourth-order valence-electron chi connectivity index (χ4n) is 1.08. The summed E-state index contributed by atoms with van der Waals surface area (Å²) in [4.78, 5) is 3.87. The highest BCUT2D eigenvalue weighted by atomic mass is 15.2. The van der Waals surface area contributed by atoms with E-state index in [0.717, 1.165) is 11.1 Å². The van der Waals surface area contributed by atoms with Gasteiger partial charge < -0.3 is 5.73 Å². The lowest BCUT2D eigenvalue weighted by Gasteiger charge is -1.93. The summed E-state index contributed by atoms with van der Waals surface area (Å²) in [5.74, 6) is 0.484. The standard InChI is InChI=1S/C8H8N4/c1-2-6-3-7-8(9)10-5-11-12(7)4-6/h2-5H,1H2,(H2,9,10,11). The summed E-state index contributed by atoms with van der Waals surface area (Å²) in [5.41, 5.74) is 7.42. The number of nitrogens with two attached hydrogens (primary N) is 1. The Labute approximate surface area is 69.3 Å². The van der Waals surface area contributed by atoms with Crippen LogP contribution in [0, 0.1) is 0 Å². The third kappa shape index (κ3) is 0.852. The van der Waals surface area contributed by atoms with Crippen LogP contribution in [0.25, 0.3) is 11.6 Å². The number of hydrogen-bond donors (Lipinski definition) is 1. The first-order valence-electron chi connectivity index (χ1n) is 3.52. The molecule has 0 bridgehead atoms. The summed E-state index contributed by atoms with van der Waals surface area (Å²) in [5, 5.41) is 3.99. The minimum Gasteiger partial charge on any atom is -0.382 e. The predicted octanol–water partition coefficient (Wildman–Crippen LogP) is 0.955. The van der Waals surface area contributed by atoms with Crippen LogP contribution in [0.1, 0.15) is 5.56 Å². The van der Waals surface area contributed by atoms with Gasteiger partial charge in [-0.05, 0) is 11.6 Å². The molecule has 0 saturated heterocycles. The molecule has 4 nitrogen and oxygen atoms in total. The maximum atomic E-state index is 5.62. The van der Waals surface area contributed by atoms with E-state index in [0.29, 0.717) is 5.82 Å². The van der Waals surface area contributed by atoms with Gasteiger partial charge in [0, 0.05) is 6.20 Å². The molecule has 0 aliphatic carbocycles. The number of fused-ring (bicyclic) bond motifs is 1. The van der Waals surface area contributed by atoms with E-state index in [-0.39, 0.29) is 0 Å². The van der Waals surface area contributed by atoms with Crippen molar-refractivity contribution in [1.82, 2.24) is 14.6 Å². The van der Waals surface area contributed by atoms with Crippen molar-refractivity contribution in [1.29, 1.82) is 0 Å². The fraction of sp³-hybridized carbons (Fsp3) is 0. The zero-order valence-corrected chi connectivity index (χ0v) is 6.44. The van der Waals surface area contributed by atoms with Gasteiger partial charge >= 0.3 is 0 Å². The first-order chi connectivity index (χ1) is 5.81. The molecule has 0 aromatic carbocycles. The van der Waals surface area contributed by atoms with Gasteiger partial charge in [0.05, 0.1) is 0 Å². The third-order valence-corrected chi connectivity index (χ3v) is 1.69. The Kier molecular flexibility index (Phi) is 1.33. The van der Waals surface area contributed by atoms with Gasteiger partial charge in [-0.3, -0.25) is 0 Å². The lowest BCUT2D eigenvalue weighted by atomic mass is 10.3. The molecular formula is C8H8N4. The first-order valence-corrected chi connectivity index (χ1v) is 3.52. The lowest BCUT2D eigenvalue weighted by molar-refractivity contribution is 0.907. The summed E-state index contributed by atoms with van der Waals surface area (Å²) in [6.07, 6.45) is 5.02. The molecule has 2 N–H and O–H groups in total. The highest BCUT2D eigenvalue weighted by Gasteiger charge is 2.00. The van der Waals surface area contributed by atoms with Gasteiger partial charge in [-0.25, -0.2) is 9.50 Å². The van der Waals surface area contributed by atoms with E-state index in [4.69, 9.17) is 5.73 Å². The van der Waals surface area contributed by atoms with Gasteiger partial charge in [0.15, 0.2) is 5.82 Å². The van der Waals surface area contributed by atoms with Crippen molar-refractivity contribution in [3.05, 3.63) is 30.7 Å². The molecule has 0 aliphatic heterocycles. The van der Waals surface area contributed by atoms with Crippen molar-refractivity contribution in [2.45, 2.75) is 0 Å². The van der Waals surface area contributed by atoms with Gasteiger partial charge in [-0.15, -0.1) is 0 Å². The SMILES string of the molecule is C=Cc1cc2c(N)ncnn2c1. The van der Waals surface area contributed by atoms with Crippen LogP contribution in [0.4, 0.5) is 5.82 Å². The Bertz CT molecular complexity index is 430. The summed E-state index contributed by atoms with van der Waals surface area (Å²) in [6, 6.07) is 1.89. The second kappa shape index (κ2) is 2.34. The molecule has 2 rings (SSSR count). The summed E-state index contributed by atoms with van der Waals surface area (Å²) >= 11 is 0. The first kappa shape index (κ1) is 6.84. The topological polar surface area (TPSA) is 56.2 Å². The predicted molar refractivity (Wildman–Crippen MR) is 47.5 cm³/mol. The van der Waals surface area contributed by atoms with Crippen LogP contribution in [-0.4, -0.2) is 14.6 Å². The molecule has 0 amide bonds. The third-order valence-electron chi connectivity index (χ3n) is 1.69. The van der Waals surface area contributed by atoms with Gasteiger partial charge in [-0.1, -0.05) is 12.7 Å². The van der Waals surface area contributed by atoms with Crippen molar-refractivity contribution in [2.24, 2.45) is 0 Å². The Morgan fingerprint density at radius 1 is 1.58 bits per heavy atom. The molecule has 60 valence electrons. The molecule has 0 saturated carbocycles. The van der Waals surface area contributed by atoms with Crippen molar-refractivity contribution in [3.63, 3.8) is 0 Å². The molecular weight excluding hydrogens is 152 g/mol. The zero-order valence-electron chi connectivity index (χ0n) is 6.44. The van der Waals surface area contributed by atoms with Crippen LogP contribution >= 0.6 is 0 Å². The largest absolute Gasteiger partial charge is 0.382 e. The monoisotopic (exact) mass is 160 g/mol. The minimum absolute atomic E-state index is 0.484. The molecule has 0 radical (unpaired) electrons. The van der Waals surface area contributed by atoms with E-state index in [1.54, 1.807) is 10.6 Å². The van der Waals surface area contributed by atoms with E-state index in [1.807, 2.05) is 12.3 Å². The van der Waals surface area contributed by atoms with E-state index in [9.17, 15) is 0 Å². The second-order valence-corrected chi connectivity index (χ2v) is 2.45. The van der Waals surface area contributed by atoms with Crippen molar-refractivity contribution in [2.75, 3.05) is 5.73 Å². The number of nitrogen functional groups attached to an aromatic ring is 1. The van der Waals surface area contributed by atoms with Crippen LogP contribution in [0.15, 0.2) is 25.2 Å². The molecule has 0 fully saturated rings. The average Bonchev–Trinajstić information content (AvgIpc) is 2.49. The quantitative estimate of drug-likeness (QED) is 0.675. The van der Waals surface area contributed by atoms with Gasteiger partial charge in [0.25, 0.3) is 0 Å². The molecule has 0 atom stereocenters. The number of anilines is 1. The van der Waals surface area contributed by atoms with Crippen LogP contribution in [0.5, 0.6) is 0 Å². The van der Waals surface area contributed by atoms with Crippen LogP contribution in [0.3, 0.4) is 0 Å². The number of hydrogen-bond acceptors (Lipinski definition) is 3. The van der Waals surface area contributed by atoms with Gasteiger partial charge in [0.2, 0.25) is 0 Å². The smallest absolute Gasteiger partial charge is 0.151 e. The molecule has 0 aliphatic rings. The second-order valence-electron chi connectivity index (χ2n) is 2.45. The maximum absolute atomic E-state index is 5.62. The van der Waals surface area contributed by atoms with Crippen LogP contribution < -0.4 is 5.73 Å². The molecule has 2 aromatic heterocycles. The molecule has 4 heteroatoms. The normalized spacial score (nSPS) is 10.3. The van der Waals surface area contributed by atoms with Crippen LogP contribution in [-0.2, 0) is 0 Å². The van der Waals surface area contributed by atoms with Crippen molar-refractivity contribution >= 4 is 17.4 Å². The molecule has 12 heavy (non-hydrogen) atoms. The average molecular weight is 160 g/mol. The van der Waals surface area contributed by atoms with Crippen LogP contribution in [0.2, 0.25) is 0 Å². The lowest BCUT2D eigenvalue weighted by Crippen LogP contribution is -1.96. The van der Waals surface area contributed by atoms with E-state index in [2.05, 4.69) is 16.7 Å². The maximum Gasteiger partial charge on any atom is 0.151 e. The number of nitrogens with zero attached hydrogens (tertiary/aromatic N) is 3. The van der Waals surface area contributed by atoms with Crippen molar-refractivity contribution in [3.8, 4) is 0 Å². The molecule has 2 aromatic rings. The highest BCUT2D eigenvalue weighted by molar-refractivity contribution is 5.69. The summed E-state index contributed by atoms with van der Waals surface area (Å²) < 4.78 is 1.68. The van der Waals surface area contributed by atoms with Crippen molar-refractivity contribution < 1.29 is 0 Å². The molecule has 0 unspecified atom stereocenters. The van der Waals surface area contributed by atoms with Gasteiger partial charge in [-0.2, -0.15) is 5.10 Å². The Balaban J connectivity index is 2.82. The summed E-state index contributed by atoms with van der Waals surface area (Å²) in [6.45, 7) is 3.65. The molecule has 0 spiro atoms. The van der Waals surface area contributed by atoms with E-state index in [1.165, 1.54) is 6.33 Å². The number of rotatable bonds is 1. The Hall–Kier alpha value is -1.84. The minimum atomic E-state index is 0.484.